The summed E-state index contributed by atoms with van der Waals surface area (Å²) in [5.41, 5.74) is 9.24. The third-order valence-corrected chi connectivity index (χ3v) is 3.43. The third-order valence-electron chi connectivity index (χ3n) is 3.43. The molecule has 2 N–H and O–H groups in total. The number of fused-ring (bicyclic) bond motifs is 1. The number of carbonyl (C=O) groups is 1. The van der Waals surface area contributed by atoms with Crippen LogP contribution < -0.4 is 5.73 Å². The van der Waals surface area contributed by atoms with Crippen LogP contribution in [0.2, 0.25) is 0 Å². The summed E-state index contributed by atoms with van der Waals surface area (Å²) in [5.74, 6) is 0.0169. The molecule has 3 rings (SSSR count). The number of amides is 1. The number of anilines is 1. The molecule has 1 aliphatic heterocycles. The van der Waals surface area contributed by atoms with Crippen LogP contribution in [0, 0.1) is 0 Å². The molecule has 1 aromatic heterocycles. The molecule has 2 heterocycles. The second-order valence-corrected chi connectivity index (χ2v) is 4.72. The average Bonchev–Trinajstić information content (AvgIpc) is 2.43. The molecule has 4 nitrogen and oxygen atoms in total. The van der Waals surface area contributed by atoms with E-state index in [4.69, 9.17) is 5.73 Å². The highest BCUT2D eigenvalue weighted by atomic mass is 16.2. The van der Waals surface area contributed by atoms with Gasteiger partial charge in [-0.05, 0) is 29.7 Å². The van der Waals surface area contributed by atoms with Gasteiger partial charge in [0.15, 0.2) is 0 Å². The van der Waals surface area contributed by atoms with Crippen molar-refractivity contribution in [2.75, 3.05) is 12.3 Å². The summed E-state index contributed by atoms with van der Waals surface area (Å²) in [7, 11) is 0. The largest absolute Gasteiger partial charge is 0.398 e. The van der Waals surface area contributed by atoms with Crippen LogP contribution in [0.4, 0.5) is 5.69 Å². The Morgan fingerprint density at radius 1 is 1.26 bits per heavy atom. The number of rotatable bonds is 2. The topological polar surface area (TPSA) is 59.2 Å². The van der Waals surface area contributed by atoms with Crippen molar-refractivity contribution < 1.29 is 4.79 Å². The van der Waals surface area contributed by atoms with Crippen molar-refractivity contribution in [1.82, 2.24) is 9.88 Å². The summed E-state index contributed by atoms with van der Waals surface area (Å²) < 4.78 is 0. The molecule has 1 amide bonds. The fourth-order valence-corrected chi connectivity index (χ4v) is 2.47. The van der Waals surface area contributed by atoms with Crippen molar-refractivity contribution in [3.63, 3.8) is 0 Å². The van der Waals surface area contributed by atoms with E-state index in [0.717, 1.165) is 24.1 Å². The van der Waals surface area contributed by atoms with E-state index in [2.05, 4.69) is 4.98 Å². The molecule has 0 spiro atoms. The minimum atomic E-state index is 0.0169. The standard InChI is InChI=1S/C15H15N3O/c16-13-5-1-4-12-6-8-18(15(19)14(12)13)10-11-3-2-7-17-9-11/h1-5,7,9H,6,8,10,16H2. The lowest BCUT2D eigenvalue weighted by Gasteiger charge is -2.29. The summed E-state index contributed by atoms with van der Waals surface area (Å²) in [4.78, 5) is 18.4. The van der Waals surface area contributed by atoms with E-state index < -0.39 is 0 Å². The van der Waals surface area contributed by atoms with Crippen LogP contribution in [-0.2, 0) is 13.0 Å². The lowest BCUT2D eigenvalue weighted by molar-refractivity contribution is 0.0728. The Morgan fingerprint density at radius 3 is 2.95 bits per heavy atom. The van der Waals surface area contributed by atoms with Crippen molar-refractivity contribution in [2.45, 2.75) is 13.0 Å². The highest BCUT2D eigenvalue weighted by molar-refractivity contribution is 6.01. The number of benzene rings is 1. The highest BCUT2D eigenvalue weighted by Crippen LogP contribution is 2.25. The molecule has 0 radical (unpaired) electrons. The number of hydrogen-bond acceptors (Lipinski definition) is 3. The molecule has 1 aliphatic rings. The van der Waals surface area contributed by atoms with Crippen molar-refractivity contribution in [1.29, 1.82) is 0 Å². The molecule has 19 heavy (non-hydrogen) atoms. The molecular weight excluding hydrogens is 238 g/mol. The number of pyridine rings is 1. The van der Waals surface area contributed by atoms with Gasteiger partial charge in [0.2, 0.25) is 0 Å². The van der Waals surface area contributed by atoms with E-state index in [1.54, 1.807) is 18.5 Å². The summed E-state index contributed by atoms with van der Waals surface area (Å²) in [6, 6.07) is 9.52. The Balaban J connectivity index is 1.88. The van der Waals surface area contributed by atoms with Crippen LogP contribution >= 0.6 is 0 Å². The molecule has 0 unspecified atom stereocenters. The molecule has 2 aromatic rings. The number of aromatic nitrogens is 1. The highest BCUT2D eigenvalue weighted by Gasteiger charge is 2.25. The lowest BCUT2D eigenvalue weighted by atomic mass is 9.97. The Kier molecular flexibility index (Phi) is 2.91. The molecule has 0 aliphatic carbocycles. The maximum absolute atomic E-state index is 12.5. The van der Waals surface area contributed by atoms with E-state index in [9.17, 15) is 4.79 Å². The smallest absolute Gasteiger partial charge is 0.256 e. The van der Waals surface area contributed by atoms with Gasteiger partial charge in [-0.2, -0.15) is 0 Å². The molecule has 0 fully saturated rings. The first-order valence-electron chi connectivity index (χ1n) is 6.31. The number of hydrogen-bond donors (Lipinski definition) is 1. The molecule has 0 saturated heterocycles. The second-order valence-electron chi connectivity index (χ2n) is 4.72. The van der Waals surface area contributed by atoms with Gasteiger partial charge in [0.05, 0.1) is 5.56 Å². The molecule has 1 aromatic carbocycles. The van der Waals surface area contributed by atoms with E-state index in [1.807, 2.05) is 29.2 Å². The van der Waals surface area contributed by atoms with Crippen molar-refractivity contribution in [3.05, 3.63) is 59.4 Å². The van der Waals surface area contributed by atoms with Crippen LogP contribution in [0.25, 0.3) is 0 Å². The average molecular weight is 253 g/mol. The molecule has 4 heteroatoms. The van der Waals surface area contributed by atoms with Crippen LogP contribution in [-0.4, -0.2) is 22.3 Å². The van der Waals surface area contributed by atoms with Gasteiger partial charge in [-0.15, -0.1) is 0 Å². The van der Waals surface area contributed by atoms with Crippen LogP contribution in [0.5, 0.6) is 0 Å². The van der Waals surface area contributed by atoms with Gasteiger partial charge < -0.3 is 10.6 Å². The maximum Gasteiger partial charge on any atom is 0.256 e. The van der Waals surface area contributed by atoms with Crippen LogP contribution in [0.1, 0.15) is 21.5 Å². The Morgan fingerprint density at radius 2 is 2.16 bits per heavy atom. The monoisotopic (exact) mass is 253 g/mol. The number of nitrogens with zero attached hydrogens (tertiary/aromatic N) is 2. The molecule has 0 saturated carbocycles. The van der Waals surface area contributed by atoms with E-state index in [1.165, 1.54) is 0 Å². The number of nitrogens with two attached hydrogens (primary N) is 1. The summed E-state index contributed by atoms with van der Waals surface area (Å²) in [5, 5.41) is 0. The second kappa shape index (κ2) is 4.72. The zero-order chi connectivity index (χ0) is 13.2. The number of carbonyl (C=O) groups excluding carboxylic acids is 1. The van der Waals surface area contributed by atoms with Gasteiger partial charge in [-0.25, -0.2) is 0 Å². The molecule has 96 valence electrons. The molecular formula is C15H15N3O. The fourth-order valence-electron chi connectivity index (χ4n) is 2.47. The molecule has 0 atom stereocenters. The predicted octanol–water partition coefficient (Wildman–Crippen LogP) is 1.86. The fraction of sp³-hybridized carbons (Fsp3) is 0.200. The first-order chi connectivity index (χ1) is 9.25. The van der Waals surface area contributed by atoms with Crippen molar-refractivity contribution >= 4 is 11.6 Å². The van der Waals surface area contributed by atoms with Crippen molar-refractivity contribution in [3.8, 4) is 0 Å². The van der Waals surface area contributed by atoms with Gasteiger partial charge in [0.25, 0.3) is 5.91 Å². The number of nitrogen functional groups attached to an aromatic ring is 1. The van der Waals surface area contributed by atoms with E-state index >= 15 is 0 Å². The first-order valence-corrected chi connectivity index (χ1v) is 6.31. The predicted molar refractivity (Wildman–Crippen MR) is 73.5 cm³/mol. The minimum absolute atomic E-state index is 0.0169. The Hall–Kier alpha value is -2.36. The lowest BCUT2D eigenvalue weighted by Crippen LogP contribution is -2.37. The maximum atomic E-state index is 12.5. The van der Waals surface area contributed by atoms with Crippen molar-refractivity contribution in [2.24, 2.45) is 0 Å². The van der Waals surface area contributed by atoms with E-state index in [-0.39, 0.29) is 5.91 Å². The minimum Gasteiger partial charge on any atom is -0.398 e. The van der Waals surface area contributed by atoms with Crippen LogP contribution in [0.3, 0.4) is 0 Å². The van der Waals surface area contributed by atoms with Gasteiger partial charge in [-0.1, -0.05) is 18.2 Å². The summed E-state index contributed by atoms with van der Waals surface area (Å²) in [6.45, 7) is 1.31. The van der Waals surface area contributed by atoms with Gasteiger partial charge in [0.1, 0.15) is 0 Å². The van der Waals surface area contributed by atoms with E-state index in [0.29, 0.717) is 17.8 Å². The third kappa shape index (κ3) is 2.17. The van der Waals surface area contributed by atoms with Gasteiger partial charge in [-0.3, -0.25) is 9.78 Å². The summed E-state index contributed by atoms with van der Waals surface area (Å²) >= 11 is 0. The Labute approximate surface area is 111 Å². The van der Waals surface area contributed by atoms with Crippen LogP contribution in [0.15, 0.2) is 42.7 Å². The SMILES string of the molecule is Nc1cccc2c1C(=O)N(Cc1cccnc1)CC2. The quantitative estimate of drug-likeness (QED) is 0.831. The zero-order valence-electron chi connectivity index (χ0n) is 10.5. The Bertz CT molecular complexity index is 610. The summed E-state index contributed by atoms with van der Waals surface area (Å²) in [6.07, 6.45) is 4.37. The van der Waals surface area contributed by atoms with Gasteiger partial charge in [0, 0.05) is 31.2 Å². The molecule has 0 bridgehead atoms. The normalized spacial score (nSPS) is 14.3. The van der Waals surface area contributed by atoms with Gasteiger partial charge >= 0.3 is 0 Å². The zero-order valence-corrected chi connectivity index (χ0v) is 10.5. The first kappa shape index (κ1) is 11.7.